The number of nitrogens with zero attached hydrogens (tertiary/aromatic N) is 1. The van der Waals surface area contributed by atoms with Crippen LogP contribution < -0.4 is 11.1 Å². The SMILES string of the molecule is CCSCCCN1CCNCC1C(N)=O. The van der Waals surface area contributed by atoms with Gasteiger partial charge in [0.1, 0.15) is 6.04 Å². The Labute approximate surface area is 96.0 Å². The summed E-state index contributed by atoms with van der Waals surface area (Å²) in [6.07, 6.45) is 1.14. The summed E-state index contributed by atoms with van der Waals surface area (Å²) in [5.41, 5.74) is 5.36. The molecule has 0 bridgehead atoms. The topological polar surface area (TPSA) is 58.4 Å². The van der Waals surface area contributed by atoms with Crippen LogP contribution in [0.2, 0.25) is 0 Å². The van der Waals surface area contributed by atoms with E-state index in [9.17, 15) is 4.79 Å². The molecule has 0 radical (unpaired) electrons. The largest absolute Gasteiger partial charge is 0.368 e. The van der Waals surface area contributed by atoms with Gasteiger partial charge >= 0.3 is 0 Å². The molecule has 1 rings (SSSR count). The molecule has 1 aliphatic rings. The number of nitrogens with one attached hydrogen (secondary N) is 1. The van der Waals surface area contributed by atoms with Gasteiger partial charge in [-0.05, 0) is 24.5 Å². The van der Waals surface area contributed by atoms with Gasteiger partial charge in [-0.15, -0.1) is 0 Å². The third-order valence-electron chi connectivity index (χ3n) is 2.62. The first-order valence-corrected chi connectivity index (χ1v) is 6.73. The van der Waals surface area contributed by atoms with Crippen LogP contribution in [-0.4, -0.2) is 54.5 Å². The van der Waals surface area contributed by atoms with E-state index < -0.39 is 0 Å². The lowest BCUT2D eigenvalue weighted by Gasteiger charge is -2.34. The fourth-order valence-corrected chi connectivity index (χ4v) is 2.43. The summed E-state index contributed by atoms with van der Waals surface area (Å²) in [4.78, 5) is 13.4. The zero-order valence-corrected chi connectivity index (χ0v) is 10.2. The Kier molecular flexibility index (Phi) is 6.05. The zero-order valence-electron chi connectivity index (χ0n) is 9.37. The standard InChI is InChI=1S/C10H21N3OS/c1-2-15-7-3-5-13-6-4-12-8-9(13)10(11)14/h9,12H,2-8H2,1H3,(H2,11,14). The number of rotatable bonds is 6. The fourth-order valence-electron chi connectivity index (χ4n) is 1.81. The molecule has 3 N–H and O–H groups in total. The van der Waals surface area contributed by atoms with E-state index >= 15 is 0 Å². The summed E-state index contributed by atoms with van der Waals surface area (Å²) in [6.45, 7) is 5.76. The van der Waals surface area contributed by atoms with Crippen molar-refractivity contribution in [1.82, 2.24) is 10.2 Å². The van der Waals surface area contributed by atoms with Crippen LogP contribution in [0.4, 0.5) is 0 Å². The minimum absolute atomic E-state index is 0.106. The third kappa shape index (κ3) is 4.40. The van der Waals surface area contributed by atoms with Crippen LogP contribution in [0.25, 0.3) is 0 Å². The molecule has 1 aliphatic heterocycles. The second-order valence-electron chi connectivity index (χ2n) is 3.71. The third-order valence-corrected chi connectivity index (χ3v) is 3.61. The van der Waals surface area contributed by atoms with Gasteiger partial charge in [-0.1, -0.05) is 6.92 Å². The van der Waals surface area contributed by atoms with Gasteiger partial charge in [0.25, 0.3) is 0 Å². The molecule has 5 heteroatoms. The second-order valence-corrected chi connectivity index (χ2v) is 5.10. The van der Waals surface area contributed by atoms with Gasteiger partial charge in [0, 0.05) is 19.6 Å². The molecule has 0 aromatic carbocycles. The lowest BCUT2D eigenvalue weighted by molar-refractivity contribution is -0.123. The van der Waals surface area contributed by atoms with E-state index in [1.54, 1.807) is 0 Å². The van der Waals surface area contributed by atoms with Crippen LogP contribution in [0, 0.1) is 0 Å². The Morgan fingerprint density at radius 1 is 1.67 bits per heavy atom. The normalized spacial score (nSPS) is 22.9. The Hall–Kier alpha value is -0.260. The Bertz CT molecular complexity index is 201. The predicted octanol–water partition coefficient (Wildman–Crippen LogP) is -0.111. The highest BCUT2D eigenvalue weighted by atomic mass is 32.2. The van der Waals surface area contributed by atoms with Crippen molar-refractivity contribution in [2.45, 2.75) is 19.4 Å². The van der Waals surface area contributed by atoms with E-state index in [4.69, 9.17) is 5.73 Å². The van der Waals surface area contributed by atoms with E-state index in [0.717, 1.165) is 26.1 Å². The molecule has 4 nitrogen and oxygen atoms in total. The quantitative estimate of drug-likeness (QED) is 0.626. The first-order valence-electron chi connectivity index (χ1n) is 5.57. The van der Waals surface area contributed by atoms with Crippen molar-refractivity contribution in [2.24, 2.45) is 5.73 Å². The summed E-state index contributed by atoms with van der Waals surface area (Å²) in [5.74, 6) is 2.14. The minimum atomic E-state index is -0.203. The number of carbonyl (C=O) groups excluding carboxylic acids is 1. The van der Waals surface area contributed by atoms with Gasteiger partial charge in [-0.2, -0.15) is 11.8 Å². The van der Waals surface area contributed by atoms with Crippen molar-refractivity contribution in [2.75, 3.05) is 37.7 Å². The molecule has 1 unspecified atom stereocenters. The molecule has 0 aromatic rings. The predicted molar refractivity (Wildman–Crippen MR) is 65.0 cm³/mol. The first kappa shape index (κ1) is 12.8. The van der Waals surface area contributed by atoms with Crippen LogP contribution in [-0.2, 0) is 4.79 Å². The number of piperazine rings is 1. The number of amides is 1. The van der Waals surface area contributed by atoms with E-state index in [-0.39, 0.29) is 11.9 Å². The lowest BCUT2D eigenvalue weighted by Crippen LogP contribution is -2.57. The molecule has 1 atom stereocenters. The molecule has 15 heavy (non-hydrogen) atoms. The number of hydrogen-bond acceptors (Lipinski definition) is 4. The zero-order chi connectivity index (χ0) is 11.1. The van der Waals surface area contributed by atoms with Crippen molar-refractivity contribution in [1.29, 1.82) is 0 Å². The van der Waals surface area contributed by atoms with Gasteiger partial charge in [0.05, 0.1) is 0 Å². The van der Waals surface area contributed by atoms with Gasteiger partial charge in [0.2, 0.25) is 5.91 Å². The van der Waals surface area contributed by atoms with E-state index in [0.29, 0.717) is 6.54 Å². The molecule has 1 amide bonds. The van der Waals surface area contributed by atoms with Crippen molar-refractivity contribution in [3.8, 4) is 0 Å². The van der Waals surface area contributed by atoms with Crippen molar-refractivity contribution >= 4 is 17.7 Å². The summed E-state index contributed by atoms with van der Waals surface area (Å²) >= 11 is 1.95. The molecular weight excluding hydrogens is 210 g/mol. The fraction of sp³-hybridized carbons (Fsp3) is 0.900. The van der Waals surface area contributed by atoms with Gasteiger partial charge < -0.3 is 11.1 Å². The van der Waals surface area contributed by atoms with Gasteiger partial charge in [-0.25, -0.2) is 0 Å². The molecule has 88 valence electrons. The molecule has 0 aliphatic carbocycles. The highest BCUT2D eigenvalue weighted by Crippen LogP contribution is 2.07. The number of hydrogen-bond donors (Lipinski definition) is 2. The molecule has 1 fully saturated rings. The molecule has 0 spiro atoms. The van der Waals surface area contributed by atoms with E-state index in [2.05, 4.69) is 17.1 Å². The summed E-state index contributed by atoms with van der Waals surface area (Å²) in [6, 6.07) is -0.106. The highest BCUT2D eigenvalue weighted by molar-refractivity contribution is 7.99. The Morgan fingerprint density at radius 3 is 3.13 bits per heavy atom. The second kappa shape index (κ2) is 7.09. The molecule has 0 aromatic heterocycles. The molecule has 0 saturated carbocycles. The lowest BCUT2D eigenvalue weighted by atomic mass is 10.2. The van der Waals surface area contributed by atoms with Crippen LogP contribution >= 0.6 is 11.8 Å². The Morgan fingerprint density at radius 2 is 2.47 bits per heavy atom. The number of nitrogens with two attached hydrogens (primary N) is 1. The summed E-state index contributed by atoms with van der Waals surface area (Å²) in [7, 11) is 0. The minimum Gasteiger partial charge on any atom is -0.368 e. The maximum Gasteiger partial charge on any atom is 0.236 e. The maximum absolute atomic E-state index is 11.2. The van der Waals surface area contributed by atoms with Crippen molar-refractivity contribution in [3.63, 3.8) is 0 Å². The van der Waals surface area contributed by atoms with Gasteiger partial charge in [0.15, 0.2) is 0 Å². The van der Waals surface area contributed by atoms with E-state index in [1.165, 1.54) is 11.5 Å². The van der Waals surface area contributed by atoms with Gasteiger partial charge in [-0.3, -0.25) is 9.69 Å². The highest BCUT2D eigenvalue weighted by Gasteiger charge is 2.25. The van der Waals surface area contributed by atoms with Crippen molar-refractivity contribution in [3.05, 3.63) is 0 Å². The van der Waals surface area contributed by atoms with Crippen LogP contribution in [0.5, 0.6) is 0 Å². The first-order chi connectivity index (χ1) is 7.25. The van der Waals surface area contributed by atoms with Crippen molar-refractivity contribution < 1.29 is 4.79 Å². The maximum atomic E-state index is 11.2. The number of thioether (sulfide) groups is 1. The number of primary amides is 1. The van der Waals surface area contributed by atoms with Crippen LogP contribution in [0.1, 0.15) is 13.3 Å². The van der Waals surface area contributed by atoms with Crippen LogP contribution in [0.3, 0.4) is 0 Å². The average Bonchev–Trinajstić information content (AvgIpc) is 2.25. The molecular formula is C10H21N3OS. The Balaban J connectivity index is 2.26. The molecule has 1 heterocycles. The average molecular weight is 231 g/mol. The summed E-state index contributed by atoms with van der Waals surface area (Å²) in [5, 5.41) is 3.20. The number of carbonyl (C=O) groups is 1. The summed E-state index contributed by atoms with van der Waals surface area (Å²) < 4.78 is 0. The van der Waals surface area contributed by atoms with Crippen LogP contribution in [0.15, 0.2) is 0 Å². The monoisotopic (exact) mass is 231 g/mol. The van der Waals surface area contributed by atoms with E-state index in [1.807, 2.05) is 11.8 Å². The smallest absolute Gasteiger partial charge is 0.236 e. The molecule has 1 saturated heterocycles.